The van der Waals surface area contributed by atoms with E-state index >= 15 is 0 Å². The van der Waals surface area contributed by atoms with Crippen LogP contribution in [0.4, 0.5) is 10.2 Å². The van der Waals surface area contributed by atoms with E-state index in [0.717, 1.165) is 49.6 Å². The molecule has 1 aliphatic heterocycles. The number of nitrogens with zero attached hydrogens (tertiary/aromatic N) is 3. The molecule has 0 N–H and O–H groups in total. The minimum atomic E-state index is -0.325. The molecule has 1 saturated heterocycles. The molecular weight excluding hydrogens is 341 g/mol. The molecule has 0 aliphatic carbocycles. The molecule has 132 valence electrons. The summed E-state index contributed by atoms with van der Waals surface area (Å²) in [4.78, 5) is 23.7. The number of hydrogen-bond acceptors (Lipinski definition) is 4. The van der Waals surface area contributed by atoms with Gasteiger partial charge in [-0.25, -0.2) is 14.4 Å². The van der Waals surface area contributed by atoms with Gasteiger partial charge in [-0.1, -0.05) is 18.5 Å². The first-order valence-electron chi connectivity index (χ1n) is 8.57. The van der Waals surface area contributed by atoms with Crippen LogP contribution in [0.15, 0.2) is 24.3 Å². The van der Waals surface area contributed by atoms with E-state index in [2.05, 4.69) is 14.9 Å². The summed E-state index contributed by atoms with van der Waals surface area (Å²) in [6, 6.07) is 5.79. The van der Waals surface area contributed by atoms with Crippen LogP contribution in [0.2, 0.25) is 5.15 Å². The van der Waals surface area contributed by atoms with Gasteiger partial charge in [0.25, 0.3) is 0 Å². The monoisotopic (exact) mass is 361 g/mol. The number of ketones is 1. The molecule has 2 aromatic rings. The summed E-state index contributed by atoms with van der Waals surface area (Å²) in [6.07, 6.45) is 2.23. The van der Waals surface area contributed by atoms with E-state index in [1.807, 2.05) is 13.8 Å². The third kappa shape index (κ3) is 3.82. The number of rotatable bonds is 4. The zero-order chi connectivity index (χ0) is 18.0. The lowest BCUT2D eigenvalue weighted by Crippen LogP contribution is -2.37. The smallest absolute Gasteiger partial charge is 0.166 e. The minimum Gasteiger partial charge on any atom is -0.356 e. The van der Waals surface area contributed by atoms with Crippen molar-refractivity contribution < 1.29 is 9.18 Å². The molecule has 1 aliphatic rings. The number of Topliss-reactive ketones (excluding diaryl/α,β-unsaturated/α-hetero) is 1. The van der Waals surface area contributed by atoms with E-state index < -0.39 is 0 Å². The second kappa shape index (κ2) is 7.48. The lowest BCUT2D eigenvalue weighted by Gasteiger charge is -2.33. The Morgan fingerprint density at radius 2 is 1.88 bits per heavy atom. The second-order valence-corrected chi connectivity index (χ2v) is 6.72. The molecule has 1 fully saturated rings. The van der Waals surface area contributed by atoms with Crippen molar-refractivity contribution in [3.05, 3.63) is 52.2 Å². The van der Waals surface area contributed by atoms with Gasteiger partial charge in [0.1, 0.15) is 22.6 Å². The molecule has 1 aromatic heterocycles. The first kappa shape index (κ1) is 17.8. The lowest BCUT2D eigenvalue weighted by molar-refractivity contribution is 0.0900. The Morgan fingerprint density at radius 1 is 1.24 bits per heavy atom. The predicted molar refractivity (Wildman–Crippen MR) is 96.8 cm³/mol. The number of carbonyl (C=O) groups is 1. The molecular formula is C19H21ClFN3O. The molecule has 0 spiro atoms. The normalized spacial score (nSPS) is 15.4. The molecule has 3 rings (SSSR count). The van der Waals surface area contributed by atoms with Crippen LogP contribution in [-0.4, -0.2) is 28.8 Å². The third-order valence-electron chi connectivity index (χ3n) is 4.72. The first-order valence-corrected chi connectivity index (χ1v) is 8.95. The average molecular weight is 362 g/mol. The van der Waals surface area contributed by atoms with Crippen LogP contribution >= 0.6 is 11.6 Å². The molecule has 2 heterocycles. The van der Waals surface area contributed by atoms with E-state index in [4.69, 9.17) is 11.6 Å². The van der Waals surface area contributed by atoms with Crippen molar-refractivity contribution in [3.8, 4) is 0 Å². The van der Waals surface area contributed by atoms with E-state index in [0.29, 0.717) is 10.7 Å². The highest BCUT2D eigenvalue weighted by atomic mass is 35.5. The molecule has 0 atom stereocenters. The SMILES string of the molecule is CCc1nc(Cl)c(C)c(N2CCC(C(=O)c3ccc(F)cc3)CC2)n1. The van der Waals surface area contributed by atoms with Gasteiger partial charge < -0.3 is 4.90 Å². The molecule has 25 heavy (non-hydrogen) atoms. The summed E-state index contributed by atoms with van der Waals surface area (Å²) in [6.45, 7) is 5.41. The topological polar surface area (TPSA) is 46.1 Å². The van der Waals surface area contributed by atoms with Crippen LogP contribution < -0.4 is 4.90 Å². The Kier molecular flexibility index (Phi) is 5.33. The van der Waals surface area contributed by atoms with Crippen LogP contribution in [0, 0.1) is 18.7 Å². The number of piperidine rings is 1. The largest absolute Gasteiger partial charge is 0.356 e. The Balaban J connectivity index is 1.71. The molecule has 0 saturated carbocycles. The Hall–Kier alpha value is -2.01. The zero-order valence-electron chi connectivity index (χ0n) is 14.4. The quantitative estimate of drug-likeness (QED) is 0.603. The number of halogens is 2. The summed E-state index contributed by atoms with van der Waals surface area (Å²) in [5.74, 6) is 1.32. The Bertz CT molecular complexity index is 771. The van der Waals surface area contributed by atoms with Crippen LogP contribution in [-0.2, 0) is 6.42 Å². The highest BCUT2D eigenvalue weighted by Crippen LogP contribution is 2.29. The number of aromatic nitrogens is 2. The number of aryl methyl sites for hydroxylation is 1. The molecule has 4 nitrogen and oxygen atoms in total. The van der Waals surface area contributed by atoms with Crippen molar-refractivity contribution in [2.24, 2.45) is 5.92 Å². The summed E-state index contributed by atoms with van der Waals surface area (Å²) in [5.41, 5.74) is 1.46. The summed E-state index contributed by atoms with van der Waals surface area (Å²) >= 11 is 6.23. The van der Waals surface area contributed by atoms with Gasteiger partial charge in [0, 0.05) is 36.6 Å². The van der Waals surface area contributed by atoms with Gasteiger partial charge in [0.15, 0.2) is 5.78 Å². The Labute approximate surface area is 152 Å². The van der Waals surface area contributed by atoms with Gasteiger partial charge in [-0.3, -0.25) is 4.79 Å². The van der Waals surface area contributed by atoms with E-state index in [1.165, 1.54) is 12.1 Å². The van der Waals surface area contributed by atoms with Crippen LogP contribution in [0.5, 0.6) is 0 Å². The fourth-order valence-corrected chi connectivity index (χ4v) is 3.37. The molecule has 0 radical (unpaired) electrons. The third-order valence-corrected chi connectivity index (χ3v) is 5.09. The maximum Gasteiger partial charge on any atom is 0.166 e. The van der Waals surface area contributed by atoms with E-state index in [-0.39, 0.29) is 17.5 Å². The highest BCUT2D eigenvalue weighted by molar-refractivity contribution is 6.30. The molecule has 6 heteroatoms. The molecule has 1 aromatic carbocycles. The number of carbonyl (C=O) groups excluding carboxylic acids is 1. The zero-order valence-corrected chi connectivity index (χ0v) is 15.2. The van der Waals surface area contributed by atoms with Crippen molar-refractivity contribution in [2.45, 2.75) is 33.1 Å². The maximum absolute atomic E-state index is 13.0. The molecule has 0 bridgehead atoms. The summed E-state index contributed by atoms with van der Waals surface area (Å²) < 4.78 is 13.0. The summed E-state index contributed by atoms with van der Waals surface area (Å²) in [5, 5.41) is 0.492. The van der Waals surface area contributed by atoms with Gasteiger partial charge in [-0.05, 0) is 44.0 Å². The van der Waals surface area contributed by atoms with E-state index in [1.54, 1.807) is 12.1 Å². The predicted octanol–water partition coefficient (Wildman–Crippen LogP) is 4.24. The van der Waals surface area contributed by atoms with Crippen molar-refractivity contribution in [2.75, 3.05) is 18.0 Å². The van der Waals surface area contributed by atoms with Crippen LogP contribution in [0.25, 0.3) is 0 Å². The number of hydrogen-bond donors (Lipinski definition) is 0. The molecule has 0 amide bonds. The van der Waals surface area contributed by atoms with Gasteiger partial charge in [-0.15, -0.1) is 0 Å². The van der Waals surface area contributed by atoms with Crippen LogP contribution in [0.3, 0.4) is 0 Å². The van der Waals surface area contributed by atoms with Gasteiger partial charge >= 0.3 is 0 Å². The van der Waals surface area contributed by atoms with Crippen molar-refractivity contribution in [1.82, 2.24) is 9.97 Å². The number of anilines is 1. The van der Waals surface area contributed by atoms with E-state index in [9.17, 15) is 9.18 Å². The van der Waals surface area contributed by atoms with Gasteiger partial charge in [-0.2, -0.15) is 0 Å². The van der Waals surface area contributed by atoms with Crippen molar-refractivity contribution >= 4 is 23.2 Å². The van der Waals surface area contributed by atoms with Crippen molar-refractivity contribution in [3.63, 3.8) is 0 Å². The number of benzene rings is 1. The second-order valence-electron chi connectivity index (χ2n) is 6.37. The molecule has 0 unspecified atom stereocenters. The minimum absolute atomic E-state index is 0.0371. The van der Waals surface area contributed by atoms with Gasteiger partial charge in [0.05, 0.1) is 0 Å². The fourth-order valence-electron chi connectivity index (χ4n) is 3.19. The van der Waals surface area contributed by atoms with Crippen LogP contribution in [0.1, 0.15) is 41.5 Å². The standard InChI is InChI=1S/C19H21ClFN3O/c1-3-16-22-18(20)12(2)19(23-16)24-10-8-14(9-11-24)17(25)13-4-6-15(21)7-5-13/h4-7,14H,3,8-11H2,1-2H3. The fraction of sp³-hybridized carbons (Fsp3) is 0.421. The first-order chi connectivity index (χ1) is 12.0. The highest BCUT2D eigenvalue weighted by Gasteiger charge is 2.27. The summed E-state index contributed by atoms with van der Waals surface area (Å²) in [7, 11) is 0. The average Bonchev–Trinajstić information content (AvgIpc) is 2.64. The van der Waals surface area contributed by atoms with Gasteiger partial charge in [0.2, 0.25) is 0 Å². The maximum atomic E-state index is 13.0. The Morgan fingerprint density at radius 3 is 2.48 bits per heavy atom. The van der Waals surface area contributed by atoms with Crippen molar-refractivity contribution in [1.29, 1.82) is 0 Å². The lowest BCUT2D eigenvalue weighted by atomic mass is 9.89.